The third kappa shape index (κ3) is 7.21. The van der Waals surface area contributed by atoms with Gasteiger partial charge in [-0.05, 0) is 38.5 Å². The molecular formula is C17H22N2O. The van der Waals surface area contributed by atoms with Crippen LogP contribution in [-0.2, 0) is 0 Å². The van der Waals surface area contributed by atoms with E-state index in [9.17, 15) is 4.79 Å². The average Bonchev–Trinajstić information content (AvgIpc) is 2.40. The van der Waals surface area contributed by atoms with E-state index in [-0.39, 0.29) is 12.1 Å². The Balaban J connectivity index is 0.000000276. The number of hydrogen-bond acceptors (Lipinski definition) is 1. The Morgan fingerprint density at radius 3 is 1.95 bits per heavy atom. The molecule has 0 aliphatic rings. The van der Waals surface area contributed by atoms with Crippen LogP contribution in [0.4, 0.5) is 10.5 Å². The molecule has 0 aliphatic carbocycles. The number of amides is 2. The highest BCUT2D eigenvalue weighted by Crippen LogP contribution is 2.08. The lowest BCUT2D eigenvalue weighted by Crippen LogP contribution is -2.34. The van der Waals surface area contributed by atoms with Gasteiger partial charge in [0.05, 0.1) is 0 Å². The molecule has 0 saturated carbocycles. The lowest BCUT2D eigenvalue weighted by atomic mass is 10.2. The van der Waals surface area contributed by atoms with E-state index in [4.69, 9.17) is 0 Å². The topological polar surface area (TPSA) is 41.1 Å². The van der Waals surface area contributed by atoms with Crippen LogP contribution in [0.1, 0.15) is 19.4 Å². The molecule has 2 N–H and O–H groups in total. The van der Waals surface area contributed by atoms with Gasteiger partial charge >= 0.3 is 6.03 Å². The zero-order valence-corrected chi connectivity index (χ0v) is 12.3. The minimum absolute atomic E-state index is 0.153. The van der Waals surface area contributed by atoms with Crippen LogP contribution >= 0.6 is 0 Å². The highest BCUT2D eigenvalue weighted by atomic mass is 16.2. The largest absolute Gasteiger partial charge is 0.336 e. The molecule has 0 bridgehead atoms. The Kier molecular flexibility index (Phi) is 6.90. The normalized spacial score (nSPS) is 9.40. The van der Waals surface area contributed by atoms with E-state index in [2.05, 4.69) is 10.6 Å². The van der Waals surface area contributed by atoms with Crippen LogP contribution in [0.15, 0.2) is 60.7 Å². The van der Waals surface area contributed by atoms with Crippen molar-refractivity contribution in [2.75, 3.05) is 5.32 Å². The molecule has 0 heterocycles. The smallest absolute Gasteiger partial charge is 0.319 e. The molecule has 2 aromatic rings. The van der Waals surface area contributed by atoms with Crippen LogP contribution < -0.4 is 10.6 Å². The van der Waals surface area contributed by atoms with Crippen molar-refractivity contribution in [3.8, 4) is 0 Å². The molecule has 0 unspecified atom stereocenters. The molecule has 20 heavy (non-hydrogen) atoms. The summed E-state index contributed by atoms with van der Waals surface area (Å²) in [6.07, 6.45) is 0. The van der Waals surface area contributed by atoms with Crippen molar-refractivity contribution in [2.45, 2.75) is 26.8 Å². The van der Waals surface area contributed by atoms with Crippen LogP contribution in [0.3, 0.4) is 0 Å². The number of benzene rings is 2. The van der Waals surface area contributed by atoms with Crippen LogP contribution in [0, 0.1) is 6.92 Å². The number of hydrogen-bond donors (Lipinski definition) is 2. The molecule has 106 valence electrons. The Morgan fingerprint density at radius 1 is 0.950 bits per heavy atom. The van der Waals surface area contributed by atoms with Crippen LogP contribution in [-0.4, -0.2) is 12.1 Å². The summed E-state index contributed by atoms with van der Waals surface area (Å²) in [6.45, 7) is 5.84. The van der Waals surface area contributed by atoms with Crippen molar-refractivity contribution in [3.05, 3.63) is 66.2 Å². The van der Waals surface area contributed by atoms with Gasteiger partial charge in [-0.2, -0.15) is 0 Å². The fourth-order valence-corrected chi connectivity index (χ4v) is 1.54. The third-order valence-corrected chi connectivity index (χ3v) is 2.36. The van der Waals surface area contributed by atoms with E-state index in [1.54, 1.807) is 0 Å². The second-order valence-corrected chi connectivity index (χ2v) is 4.78. The number of urea groups is 1. The predicted molar refractivity (Wildman–Crippen MR) is 84.9 cm³/mol. The number of nitrogens with one attached hydrogen (secondary N) is 2. The van der Waals surface area contributed by atoms with E-state index in [1.807, 2.05) is 81.4 Å². The molecule has 2 amide bonds. The van der Waals surface area contributed by atoms with Crippen LogP contribution in [0.5, 0.6) is 0 Å². The van der Waals surface area contributed by atoms with Crippen molar-refractivity contribution in [3.63, 3.8) is 0 Å². The summed E-state index contributed by atoms with van der Waals surface area (Å²) in [5.41, 5.74) is 1.95. The van der Waals surface area contributed by atoms with Gasteiger partial charge in [-0.3, -0.25) is 0 Å². The molecule has 0 aliphatic heterocycles. The van der Waals surface area contributed by atoms with Gasteiger partial charge in [-0.1, -0.05) is 48.5 Å². The van der Waals surface area contributed by atoms with Crippen LogP contribution in [0.2, 0.25) is 0 Å². The first-order valence-corrected chi connectivity index (χ1v) is 6.72. The van der Waals surface area contributed by atoms with Crippen molar-refractivity contribution in [1.82, 2.24) is 5.32 Å². The summed E-state index contributed by atoms with van der Waals surface area (Å²) < 4.78 is 0. The van der Waals surface area contributed by atoms with Crippen molar-refractivity contribution in [2.24, 2.45) is 0 Å². The summed E-state index contributed by atoms with van der Waals surface area (Å²) in [7, 11) is 0. The summed E-state index contributed by atoms with van der Waals surface area (Å²) in [5, 5.41) is 5.52. The molecule has 0 saturated heterocycles. The summed E-state index contributed by atoms with van der Waals surface area (Å²) in [6, 6.07) is 19.7. The molecule has 3 heteroatoms. The summed E-state index contributed by atoms with van der Waals surface area (Å²) in [5.74, 6) is 0. The Morgan fingerprint density at radius 2 is 1.50 bits per heavy atom. The van der Waals surface area contributed by atoms with Gasteiger partial charge in [0.2, 0.25) is 0 Å². The average molecular weight is 270 g/mol. The summed E-state index contributed by atoms with van der Waals surface area (Å²) in [4.78, 5) is 11.3. The first-order chi connectivity index (χ1) is 9.58. The molecule has 2 rings (SSSR count). The molecule has 3 nitrogen and oxygen atoms in total. The number of rotatable bonds is 2. The SMILES string of the molecule is Cc1cccc(NC(=O)NC(C)C)c1.c1ccccc1. The fraction of sp³-hybridized carbons (Fsp3) is 0.235. The fourth-order valence-electron chi connectivity index (χ4n) is 1.54. The van der Waals surface area contributed by atoms with E-state index in [1.165, 1.54) is 0 Å². The lowest BCUT2D eigenvalue weighted by molar-refractivity contribution is 0.250. The summed E-state index contributed by atoms with van der Waals surface area (Å²) >= 11 is 0. The van der Waals surface area contributed by atoms with Crippen molar-refractivity contribution in [1.29, 1.82) is 0 Å². The van der Waals surface area contributed by atoms with Gasteiger partial charge in [-0.25, -0.2) is 4.79 Å². The molecule has 0 spiro atoms. The maximum absolute atomic E-state index is 11.3. The van der Waals surface area contributed by atoms with Crippen molar-refractivity contribution < 1.29 is 4.79 Å². The molecule has 0 atom stereocenters. The third-order valence-electron chi connectivity index (χ3n) is 2.36. The first kappa shape index (κ1) is 15.8. The minimum Gasteiger partial charge on any atom is -0.336 e. The maximum atomic E-state index is 11.3. The molecular weight excluding hydrogens is 248 g/mol. The number of carbonyl (C=O) groups excluding carboxylic acids is 1. The molecule has 0 radical (unpaired) electrons. The van der Waals surface area contributed by atoms with Crippen LogP contribution in [0.25, 0.3) is 0 Å². The van der Waals surface area contributed by atoms with Gasteiger partial charge in [0.25, 0.3) is 0 Å². The number of carbonyl (C=O) groups is 1. The second-order valence-electron chi connectivity index (χ2n) is 4.78. The Hall–Kier alpha value is -2.29. The van der Waals surface area contributed by atoms with Gasteiger partial charge in [-0.15, -0.1) is 0 Å². The molecule has 0 fully saturated rings. The van der Waals surface area contributed by atoms with Crippen molar-refractivity contribution >= 4 is 11.7 Å². The highest BCUT2D eigenvalue weighted by Gasteiger charge is 2.02. The monoisotopic (exact) mass is 270 g/mol. The first-order valence-electron chi connectivity index (χ1n) is 6.72. The predicted octanol–water partition coefficient (Wildman–Crippen LogP) is 4.21. The minimum atomic E-state index is -0.161. The zero-order chi connectivity index (χ0) is 14.8. The molecule has 2 aromatic carbocycles. The van der Waals surface area contributed by atoms with Gasteiger partial charge in [0.1, 0.15) is 0 Å². The van der Waals surface area contributed by atoms with E-state index < -0.39 is 0 Å². The van der Waals surface area contributed by atoms with Gasteiger partial charge in [0, 0.05) is 11.7 Å². The Bertz CT molecular complexity index is 483. The van der Waals surface area contributed by atoms with E-state index in [0.29, 0.717) is 0 Å². The lowest BCUT2D eigenvalue weighted by Gasteiger charge is -2.10. The van der Waals surface area contributed by atoms with E-state index >= 15 is 0 Å². The van der Waals surface area contributed by atoms with Gasteiger partial charge < -0.3 is 10.6 Å². The highest BCUT2D eigenvalue weighted by molar-refractivity contribution is 5.89. The quantitative estimate of drug-likeness (QED) is 0.843. The maximum Gasteiger partial charge on any atom is 0.319 e. The zero-order valence-electron chi connectivity index (χ0n) is 12.3. The number of aryl methyl sites for hydroxylation is 1. The number of anilines is 1. The van der Waals surface area contributed by atoms with E-state index in [0.717, 1.165) is 11.3 Å². The second kappa shape index (κ2) is 8.75. The standard InChI is InChI=1S/C11H16N2O.C6H6/c1-8(2)12-11(14)13-10-6-4-5-9(3)7-10;1-2-4-6-5-3-1/h4-8H,1-3H3,(H2,12,13,14);1-6H. The Labute approximate surface area is 121 Å². The molecule has 0 aromatic heterocycles. The van der Waals surface area contributed by atoms with Gasteiger partial charge in [0.15, 0.2) is 0 Å².